The maximum atomic E-state index is 13.2. The number of likely N-dealkylation sites (tertiary alicyclic amines) is 1. The molecule has 1 aliphatic heterocycles. The summed E-state index contributed by atoms with van der Waals surface area (Å²) in [4.78, 5) is 26.9. The van der Waals surface area contributed by atoms with Crippen molar-refractivity contribution in [3.05, 3.63) is 53.8 Å². The normalized spacial score (nSPS) is 16.0. The van der Waals surface area contributed by atoms with Gasteiger partial charge in [0, 0.05) is 25.3 Å². The minimum Gasteiger partial charge on any atom is -0.497 e. The molecular formula is C22H26FN3O4. The molecule has 1 unspecified atom stereocenters. The number of methoxy groups -OCH3 is 2. The van der Waals surface area contributed by atoms with Crippen molar-refractivity contribution in [3.63, 3.8) is 0 Å². The van der Waals surface area contributed by atoms with Gasteiger partial charge in [0.1, 0.15) is 17.3 Å². The molecule has 0 aromatic heterocycles. The molecule has 8 heteroatoms. The minimum atomic E-state index is -0.415. The maximum Gasteiger partial charge on any atom is 0.319 e. The Labute approximate surface area is 175 Å². The predicted molar refractivity (Wildman–Crippen MR) is 112 cm³/mol. The van der Waals surface area contributed by atoms with Crippen LogP contribution in [-0.2, 0) is 0 Å². The Morgan fingerprint density at radius 3 is 2.73 bits per heavy atom. The Morgan fingerprint density at radius 2 is 2.00 bits per heavy atom. The highest BCUT2D eigenvalue weighted by atomic mass is 19.1. The van der Waals surface area contributed by atoms with E-state index in [-0.39, 0.29) is 11.8 Å². The summed E-state index contributed by atoms with van der Waals surface area (Å²) in [5.41, 5.74) is 0.840. The summed E-state index contributed by atoms with van der Waals surface area (Å²) in [5, 5.41) is 5.41. The minimum absolute atomic E-state index is 0.123. The van der Waals surface area contributed by atoms with Crippen LogP contribution in [0, 0.1) is 11.7 Å². The number of carbonyl (C=O) groups excluding carboxylic acids is 2. The molecule has 0 bridgehead atoms. The second-order valence-corrected chi connectivity index (χ2v) is 7.17. The number of benzene rings is 2. The van der Waals surface area contributed by atoms with Gasteiger partial charge in [-0.2, -0.15) is 0 Å². The van der Waals surface area contributed by atoms with Crippen molar-refractivity contribution in [2.24, 2.45) is 5.92 Å². The molecule has 1 aliphatic rings. The zero-order valence-corrected chi connectivity index (χ0v) is 17.1. The lowest BCUT2D eigenvalue weighted by Crippen LogP contribution is -2.44. The van der Waals surface area contributed by atoms with Gasteiger partial charge in [-0.1, -0.05) is 6.07 Å². The Bertz CT molecular complexity index is 906. The molecule has 0 spiro atoms. The van der Waals surface area contributed by atoms with Gasteiger partial charge in [0.2, 0.25) is 0 Å². The number of piperidine rings is 1. The number of nitrogens with one attached hydrogen (secondary N) is 2. The zero-order chi connectivity index (χ0) is 21.5. The highest BCUT2D eigenvalue weighted by Gasteiger charge is 2.27. The van der Waals surface area contributed by atoms with Gasteiger partial charge in [-0.3, -0.25) is 4.79 Å². The standard InChI is InChI=1S/C22H26FN3O4/c1-29-18-8-9-20(30-2)19(12-18)21(27)26-10-4-5-15(14-26)13-24-22(28)25-17-7-3-6-16(23)11-17/h3,6-9,11-12,15H,4-5,10,13-14H2,1-2H3,(H2,24,25,28). The monoisotopic (exact) mass is 415 g/mol. The van der Waals surface area contributed by atoms with Crippen molar-refractivity contribution in [2.45, 2.75) is 12.8 Å². The topological polar surface area (TPSA) is 79.9 Å². The van der Waals surface area contributed by atoms with Crippen LogP contribution in [0.2, 0.25) is 0 Å². The third-order valence-electron chi connectivity index (χ3n) is 5.08. The van der Waals surface area contributed by atoms with E-state index in [0.717, 1.165) is 12.8 Å². The fourth-order valence-electron chi connectivity index (χ4n) is 3.55. The van der Waals surface area contributed by atoms with Crippen molar-refractivity contribution in [2.75, 3.05) is 39.2 Å². The Balaban J connectivity index is 1.57. The Kier molecular flexibility index (Phi) is 7.11. The number of hydrogen-bond acceptors (Lipinski definition) is 4. The Hall–Kier alpha value is -3.29. The van der Waals surface area contributed by atoms with E-state index in [1.807, 2.05) is 0 Å². The summed E-state index contributed by atoms with van der Waals surface area (Å²) in [6, 6.07) is 10.4. The van der Waals surface area contributed by atoms with Crippen molar-refractivity contribution >= 4 is 17.6 Å². The molecule has 3 rings (SSSR count). The van der Waals surface area contributed by atoms with Gasteiger partial charge in [-0.25, -0.2) is 9.18 Å². The summed E-state index contributed by atoms with van der Waals surface area (Å²) in [6.07, 6.45) is 1.75. The fourth-order valence-corrected chi connectivity index (χ4v) is 3.55. The summed E-state index contributed by atoms with van der Waals surface area (Å²) >= 11 is 0. The van der Waals surface area contributed by atoms with Gasteiger partial charge in [0.25, 0.3) is 5.91 Å². The number of rotatable bonds is 6. The molecule has 1 saturated heterocycles. The molecule has 30 heavy (non-hydrogen) atoms. The molecule has 160 valence electrons. The molecule has 2 N–H and O–H groups in total. The number of halogens is 1. The van der Waals surface area contributed by atoms with Gasteiger partial charge >= 0.3 is 6.03 Å². The second-order valence-electron chi connectivity index (χ2n) is 7.17. The highest BCUT2D eigenvalue weighted by molar-refractivity contribution is 5.97. The van der Waals surface area contributed by atoms with E-state index in [1.165, 1.54) is 25.3 Å². The van der Waals surface area contributed by atoms with Gasteiger partial charge in [0.05, 0.1) is 19.8 Å². The SMILES string of the molecule is COc1ccc(OC)c(C(=O)N2CCCC(CNC(=O)Nc3cccc(F)c3)C2)c1. The number of urea groups is 1. The lowest BCUT2D eigenvalue weighted by Gasteiger charge is -2.33. The molecule has 0 saturated carbocycles. The van der Waals surface area contributed by atoms with E-state index in [4.69, 9.17) is 9.47 Å². The Morgan fingerprint density at radius 1 is 1.17 bits per heavy atom. The summed E-state index contributed by atoms with van der Waals surface area (Å²) < 4.78 is 23.8. The van der Waals surface area contributed by atoms with Gasteiger partial charge in [-0.15, -0.1) is 0 Å². The molecule has 2 aromatic rings. The smallest absolute Gasteiger partial charge is 0.319 e. The first-order valence-corrected chi connectivity index (χ1v) is 9.82. The first kappa shape index (κ1) is 21.4. The largest absolute Gasteiger partial charge is 0.497 e. The van der Waals surface area contributed by atoms with E-state index < -0.39 is 11.8 Å². The van der Waals surface area contributed by atoms with Crippen LogP contribution >= 0.6 is 0 Å². The van der Waals surface area contributed by atoms with E-state index in [2.05, 4.69) is 10.6 Å². The van der Waals surface area contributed by atoms with Crippen LogP contribution in [-0.4, -0.2) is 50.7 Å². The van der Waals surface area contributed by atoms with Crippen LogP contribution in [0.3, 0.4) is 0 Å². The lowest BCUT2D eigenvalue weighted by atomic mass is 9.97. The van der Waals surface area contributed by atoms with Crippen LogP contribution < -0.4 is 20.1 Å². The first-order chi connectivity index (χ1) is 14.5. The van der Waals surface area contributed by atoms with E-state index in [9.17, 15) is 14.0 Å². The van der Waals surface area contributed by atoms with Crippen LogP contribution in [0.1, 0.15) is 23.2 Å². The van der Waals surface area contributed by atoms with Crippen LogP contribution in [0.15, 0.2) is 42.5 Å². The van der Waals surface area contributed by atoms with Crippen LogP contribution in [0.4, 0.5) is 14.9 Å². The summed E-state index contributed by atoms with van der Waals surface area (Å²) in [7, 11) is 3.08. The molecule has 3 amide bonds. The maximum absolute atomic E-state index is 13.2. The number of carbonyl (C=O) groups is 2. The van der Waals surface area contributed by atoms with E-state index >= 15 is 0 Å². The molecule has 1 fully saturated rings. The summed E-state index contributed by atoms with van der Waals surface area (Å²) in [5.74, 6) is 0.665. The van der Waals surface area contributed by atoms with Gasteiger partial charge in [-0.05, 0) is 55.2 Å². The van der Waals surface area contributed by atoms with Gasteiger partial charge < -0.3 is 25.0 Å². The molecule has 0 aliphatic carbocycles. The predicted octanol–water partition coefficient (Wildman–Crippen LogP) is 3.52. The third-order valence-corrected chi connectivity index (χ3v) is 5.08. The van der Waals surface area contributed by atoms with Crippen molar-refractivity contribution in [3.8, 4) is 11.5 Å². The number of amides is 3. The molecular weight excluding hydrogens is 389 g/mol. The third kappa shape index (κ3) is 5.40. The van der Waals surface area contributed by atoms with Crippen LogP contribution in [0.5, 0.6) is 11.5 Å². The average molecular weight is 415 g/mol. The van der Waals surface area contributed by atoms with E-state index in [1.54, 1.807) is 36.3 Å². The number of hydrogen-bond donors (Lipinski definition) is 2. The van der Waals surface area contributed by atoms with Crippen molar-refractivity contribution in [1.82, 2.24) is 10.2 Å². The zero-order valence-electron chi connectivity index (χ0n) is 17.1. The highest BCUT2D eigenvalue weighted by Crippen LogP contribution is 2.27. The van der Waals surface area contributed by atoms with Crippen LogP contribution in [0.25, 0.3) is 0 Å². The van der Waals surface area contributed by atoms with Crippen molar-refractivity contribution in [1.29, 1.82) is 0 Å². The molecule has 2 aromatic carbocycles. The average Bonchev–Trinajstić information content (AvgIpc) is 2.77. The van der Waals surface area contributed by atoms with Gasteiger partial charge in [0.15, 0.2) is 0 Å². The lowest BCUT2D eigenvalue weighted by molar-refractivity contribution is 0.0671. The van der Waals surface area contributed by atoms with E-state index in [0.29, 0.717) is 42.4 Å². The van der Waals surface area contributed by atoms with Crippen molar-refractivity contribution < 1.29 is 23.5 Å². The molecule has 1 heterocycles. The number of anilines is 1. The molecule has 7 nitrogen and oxygen atoms in total. The fraction of sp³-hybridized carbons (Fsp3) is 0.364. The molecule has 1 atom stereocenters. The quantitative estimate of drug-likeness (QED) is 0.757. The number of nitrogens with zero attached hydrogens (tertiary/aromatic N) is 1. The summed E-state index contributed by atoms with van der Waals surface area (Å²) in [6.45, 7) is 1.59. The first-order valence-electron chi connectivity index (χ1n) is 9.82. The number of ether oxygens (including phenoxy) is 2. The molecule has 0 radical (unpaired) electrons. The second kappa shape index (κ2) is 9.96.